The Morgan fingerprint density at radius 2 is 1.82 bits per heavy atom. The van der Waals surface area contributed by atoms with Gasteiger partial charge in [-0.3, -0.25) is 9.78 Å². The smallest absolute Gasteiger partial charge is 0.255 e. The largest absolute Gasteiger partial charge is 0.378 e. The number of carbonyl (C=O) groups excluding carboxylic acids is 1. The Morgan fingerprint density at radius 3 is 2.62 bits per heavy atom. The Kier molecular flexibility index (Phi) is 6.14. The van der Waals surface area contributed by atoms with Crippen LogP contribution in [0.5, 0.6) is 0 Å². The van der Waals surface area contributed by atoms with Gasteiger partial charge in [0.25, 0.3) is 5.91 Å². The lowest BCUT2D eigenvalue weighted by atomic mass is 10.0. The monoisotopic (exact) mass is 457 g/mol. The van der Waals surface area contributed by atoms with Gasteiger partial charge in [-0.2, -0.15) is 0 Å². The summed E-state index contributed by atoms with van der Waals surface area (Å²) in [5.41, 5.74) is 2.21. The molecule has 7 nitrogen and oxygen atoms in total. The number of halogens is 1. The number of benzene rings is 2. The maximum Gasteiger partial charge on any atom is 0.255 e. The van der Waals surface area contributed by atoms with Crippen LogP contribution >= 0.6 is 0 Å². The van der Waals surface area contributed by atoms with E-state index in [1.165, 1.54) is 12.3 Å². The summed E-state index contributed by atoms with van der Waals surface area (Å²) in [6.07, 6.45) is 2.62. The first-order chi connectivity index (χ1) is 16.6. The van der Waals surface area contributed by atoms with Gasteiger partial charge in [0, 0.05) is 24.8 Å². The van der Waals surface area contributed by atoms with Crippen LogP contribution in [0.4, 0.5) is 10.2 Å². The zero-order valence-corrected chi connectivity index (χ0v) is 18.7. The molecule has 0 bridgehead atoms. The van der Waals surface area contributed by atoms with Crippen molar-refractivity contribution in [2.75, 3.05) is 31.2 Å². The molecule has 1 amide bonds. The molecule has 1 aliphatic rings. The fourth-order valence-corrected chi connectivity index (χ4v) is 4.09. The van der Waals surface area contributed by atoms with Crippen molar-refractivity contribution < 1.29 is 13.9 Å². The Bertz CT molecular complexity index is 1340. The Labute approximate surface area is 196 Å². The van der Waals surface area contributed by atoms with Crippen molar-refractivity contribution in [1.29, 1.82) is 0 Å². The van der Waals surface area contributed by atoms with Gasteiger partial charge in [0.2, 0.25) is 0 Å². The van der Waals surface area contributed by atoms with Crippen LogP contribution in [0, 0.1) is 5.82 Å². The summed E-state index contributed by atoms with van der Waals surface area (Å²) >= 11 is 0. The zero-order valence-electron chi connectivity index (χ0n) is 18.7. The lowest BCUT2D eigenvalue weighted by molar-refractivity contribution is 0.0937. The van der Waals surface area contributed by atoms with Crippen LogP contribution in [-0.2, 0) is 4.74 Å². The van der Waals surface area contributed by atoms with E-state index in [0.717, 1.165) is 22.5 Å². The highest BCUT2D eigenvalue weighted by Crippen LogP contribution is 2.26. The van der Waals surface area contributed by atoms with Crippen molar-refractivity contribution in [2.24, 2.45) is 0 Å². The quantitative estimate of drug-likeness (QED) is 0.485. The minimum Gasteiger partial charge on any atom is -0.378 e. The van der Waals surface area contributed by atoms with E-state index in [2.05, 4.69) is 44.8 Å². The van der Waals surface area contributed by atoms with Gasteiger partial charge < -0.3 is 15.0 Å². The number of nitrogens with one attached hydrogen (secondary N) is 1. The molecule has 34 heavy (non-hydrogen) atoms. The Hall–Kier alpha value is -3.91. The highest BCUT2D eigenvalue weighted by Gasteiger charge is 2.23. The number of rotatable bonds is 5. The molecule has 0 unspecified atom stereocenters. The molecular formula is C26H24FN5O2. The molecule has 8 heteroatoms. The van der Waals surface area contributed by atoms with Gasteiger partial charge in [0.05, 0.1) is 36.7 Å². The molecule has 0 radical (unpaired) electrons. The second kappa shape index (κ2) is 9.52. The Morgan fingerprint density at radius 1 is 1.03 bits per heavy atom. The number of amides is 1. The first-order valence-corrected chi connectivity index (χ1v) is 11.2. The zero-order chi connectivity index (χ0) is 23.5. The second-order valence-corrected chi connectivity index (χ2v) is 8.26. The molecule has 172 valence electrons. The standard InChI is InChI=1S/C26H24FN5O2/c1-17(19-7-6-18-4-2-3-5-20(18)12-19)29-26(33)23-14-24(21-13-22(27)16-28-15-21)30-31-25(23)32-8-10-34-11-9-32/h2-7,12-17H,8-11H2,1H3,(H,29,33)/t17-/m1/s1. The molecular weight excluding hydrogens is 433 g/mol. The fourth-order valence-electron chi connectivity index (χ4n) is 4.09. The number of aromatic nitrogens is 3. The average Bonchev–Trinajstić information content (AvgIpc) is 2.88. The summed E-state index contributed by atoms with van der Waals surface area (Å²) in [5, 5.41) is 14.0. The van der Waals surface area contributed by atoms with Crippen molar-refractivity contribution in [3.63, 3.8) is 0 Å². The molecule has 1 atom stereocenters. The molecule has 1 N–H and O–H groups in total. The van der Waals surface area contributed by atoms with Crippen LogP contribution in [0.25, 0.3) is 22.0 Å². The molecule has 4 aromatic rings. The number of morpholine rings is 1. The van der Waals surface area contributed by atoms with Crippen molar-refractivity contribution in [3.8, 4) is 11.3 Å². The number of ether oxygens (including phenoxy) is 1. The van der Waals surface area contributed by atoms with Crippen molar-refractivity contribution >= 4 is 22.5 Å². The highest BCUT2D eigenvalue weighted by molar-refractivity contribution is 6.00. The van der Waals surface area contributed by atoms with E-state index < -0.39 is 5.82 Å². The molecule has 0 saturated carbocycles. The molecule has 2 aromatic carbocycles. The summed E-state index contributed by atoms with van der Waals surface area (Å²) in [5.74, 6) is -0.269. The summed E-state index contributed by atoms with van der Waals surface area (Å²) in [4.78, 5) is 19.4. The van der Waals surface area contributed by atoms with E-state index in [0.29, 0.717) is 48.9 Å². The lowest BCUT2D eigenvalue weighted by Crippen LogP contribution is -2.39. The van der Waals surface area contributed by atoms with Gasteiger partial charge >= 0.3 is 0 Å². The average molecular weight is 458 g/mol. The van der Waals surface area contributed by atoms with Crippen LogP contribution in [0.15, 0.2) is 67.0 Å². The maximum absolute atomic E-state index is 13.7. The minimum atomic E-state index is -0.479. The molecule has 2 aromatic heterocycles. The van der Waals surface area contributed by atoms with E-state index in [-0.39, 0.29) is 11.9 Å². The minimum absolute atomic E-state index is 0.234. The first kappa shape index (κ1) is 21.9. The third-order valence-corrected chi connectivity index (χ3v) is 5.95. The molecule has 3 heterocycles. The predicted molar refractivity (Wildman–Crippen MR) is 128 cm³/mol. The van der Waals surface area contributed by atoms with E-state index in [1.807, 2.05) is 30.0 Å². The van der Waals surface area contributed by atoms with E-state index in [4.69, 9.17) is 4.74 Å². The number of hydrogen-bond acceptors (Lipinski definition) is 6. The summed E-state index contributed by atoms with van der Waals surface area (Å²) in [6.45, 7) is 4.26. The summed E-state index contributed by atoms with van der Waals surface area (Å²) in [7, 11) is 0. The van der Waals surface area contributed by atoms with E-state index in [1.54, 1.807) is 6.07 Å². The number of nitrogens with zero attached hydrogens (tertiary/aromatic N) is 4. The molecule has 5 rings (SSSR count). The Balaban J connectivity index is 1.47. The highest BCUT2D eigenvalue weighted by atomic mass is 19.1. The van der Waals surface area contributed by atoms with Crippen LogP contribution in [0.3, 0.4) is 0 Å². The third-order valence-electron chi connectivity index (χ3n) is 5.95. The predicted octanol–water partition coefficient (Wildman–Crippen LogP) is 4.16. The number of hydrogen-bond donors (Lipinski definition) is 1. The van der Waals surface area contributed by atoms with Gasteiger partial charge in [-0.1, -0.05) is 36.4 Å². The third kappa shape index (κ3) is 4.58. The van der Waals surface area contributed by atoms with Gasteiger partial charge in [-0.05, 0) is 41.5 Å². The fraction of sp³-hybridized carbons (Fsp3) is 0.231. The molecule has 1 aliphatic heterocycles. The van der Waals surface area contributed by atoms with Crippen LogP contribution in [0.2, 0.25) is 0 Å². The SMILES string of the molecule is C[C@@H](NC(=O)c1cc(-c2cncc(F)c2)nnc1N1CCOCC1)c1ccc2ccccc2c1. The van der Waals surface area contributed by atoms with Crippen molar-refractivity contribution in [2.45, 2.75) is 13.0 Å². The molecule has 1 fully saturated rings. The number of fused-ring (bicyclic) bond motifs is 1. The van der Waals surface area contributed by atoms with Gasteiger partial charge in [-0.15, -0.1) is 10.2 Å². The van der Waals surface area contributed by atoms with Crippen LogP contribution < -0.4 is 10.2 Å². The van der Waals surface area contributed by atoms with Gasteiger partial charge in [-0.25, -0.2) is 4.39 Å². The maximum atomic E-state index is 13.7. The van der Waals surface area contributed by atoms with Crippen molar-refractivity contribution in [3.05, 3.63) is 83.9 Å². The summed E-state index contributed by atoms with van der Waals surface area (Å²) in [6, 6.07) is 17.0. The number of carbonyl (C=O) groups is 1. The van der Waals surface area contributed by atoms with Gasteiger partial charge in [0.1, 0.15) is 5.82 Å². The van der Waals surface area contributed by atoms with Crippen molar-refractivity contribution in [1.82, 2.24) is 20.5 Å². The first-order valence-electron chi connectivity index (χ1n) is 11.2. The number of pyridine rings is 1. The molecule has 0 aliphatic carbocycles. The molecule has 1 saturated heterocycles. The number of anilines is 1. The van der Waals surface area contributed by atoms with Crippen LogP contribution in [-0.4, -0.2) is 47.4 Å². The van der Waals surface area contributed by atoms with Gasteiger partial charge in [0.15, 0.2) is 5.82 Å². The molecule has 0 spiro atoms. The summed E-state index contributed by atoms with van der Waals surface area (Å²) < 4.78 is 19.2. The second-order valence-electron chi connectivity index (χ2n) is 8.26. The lowest BCUT2D eigenvalue weighted by Gasteiger charge is -2.29. The van der Waals surface area contributed by atoms with E-state index in [9.17, 15) is 9.18 Å². The normalized spacial score (nSPS) is 14.7. The van der Waals surface area contributed by atoms with Crippen LogP contribution in [0.1, 0.15) is 28.9 Å². The van der Waals surface area contributed by atoms with E-state index >= 15 is 0 Å². The topological polar surface area (TPSA) is 80.2 Å².